The molecule has 0 saturated carbocycles. The minimum absolute atomic E-state index is 0.0483. The molecule has 126 valence electrons. The minimum atomic E-state index is -0.201. The average molecular weight is 346 g/mol. The van der Waals surface area contributed by atoms with Crippen molar-refractivity contribution >= 4 is 29.1 Å². The predicted octanol–water partition coefficient (Wildman–Crippen LogP) is 3.40. The van der Waals surface area contributed by atoms with E-state index in [1.165, 1.54) is 6.92 Å². The van der Waals surface area contributed by atoms with Crippen LogP contribution in [0.25, 0.3) is 0 Å². The smallest absolute Gasteiger partial charge is 0.255 e. The molecule has 0 spiro atoms. The van der Waals surface area contributed by atoms with Gasteiger partial charge in [0, 0.05) is 44.0 Å². The fraction of sp³-hybridized carbons (Fsp3) is 0.278. The van der Waals surface area contributed by atoms with Gasteiger partial charge in [0.25, 0.3) is 5.91 Å². The second kappa shape index (κ2) is 7.93. The van der Waals surface area contributed by atoms with Gasteiger partial charge in [-0.1, -0.05) is 17.7 Å². The van der Waals surface area contributed by atoms with Crippen molar-refractivity contribution in [3.05, 3.63) is 58.9 Å². The lowest BCUT2D eigenvalue weighted by Crippen LogP contribution is -2.36. The Bertz CT molecular complexity index is 734. The van der Waals surface area contributed by atoms with Gasteiger partial charge in [-0.05, 0) is 37.3 Å². The molecule has 0 aliphatic heterocycles. The van der Waals surface area contributed by atoms with Crippen LogP contribution >= 0.6 is 11.6 Å². The number of carbonyl (C=O) groups is 2. The standard InChI is InChI=1S/C18H20ClN3O2/c1-12(10-14-6-4-5-9-20-14)22(3)18(24)16-11-15(21-13(2)23)7-8-17(16)19/h4-9,11-12H,10H2,1-3H3,(H,21,23)/t12-/m0/s1. The van der Waals surface area contributed by atoms with Crippen LogP contribution in [0.4, 0.5) is 5.69 Å². The summed E-state index contributed by atoms with van der Waals surface area (Å²) in [6, 6.07) is 10.5. The van der Waals surface area contributed by atoms with Crippen molar-refractivity contribution in [3.8, 4) is 0 Å². The van der Waals surface area contributed by atoms with Gasteiger partial charge in [-0.2, -0.15) is 0 Å². The number of halogens is 1. The van der Waals surface area contributed by atoms with E-state index in [-0.39, 0.29) is 17.9 Å². The lowest BCUT2D eigenvalue weighted by atomic mass is 10.1. The van der Waals surface area contributed by atoms with Crippen LogP contribution in [0.3, 0.4) is 0 Å². The van der Waals surface area contributed by atoms with E-state index in [9.17, 15) is 9.59 Å². The van der Waals surface area contributed by atoms with E-state index in [0.29, 0.717) is 22.7 Å². The fourth-order valence-electron chi connectivity index (χ4n) is 2.32. The normalized spacial score (nSPS) is 11.7. The number of nitrogens with zero attached hydrogens (tertiary/aromatic N) is 2. The van der Waals surface area contributed by atoms with Crippen molar-refractivity contribution in [1.82, 2.24) is 9.88 Å². The van der Waals surface area contributed by atoms with Crippen molar-refractivity contribution < 1.29 is 9.59 Å². The topological polar surface area (TPSA) is 62.3 Å². The lowest BCUT2D eigenvalue weighted by molar-refractivity contribution is -0.114. The van der Waals surface area contributed by atoms with Crippen LogP contribution in [-0.4, -0.2) is 34.8 Å². The molecule has 1 aromatic heterocycles. The number of amides is 2. The largest absolute Gasteiger partial charge is 0.339 e. The zero-order valence-corrected chi connectivity index (χ0v) is 14.7. The zero-order chi connectivity index (χ0) is 17.7. The summed E-state index contributed by atoms with van der Waals surface area (Å²) in [5, 5.41) is 3.01. The van der Waals surface area contributed by atoms with Crippen LogP contribution in [0.2, 0.25) is 5.02 Å². The molecule has 24 heavy (non-hydrogen) atoms. The highest BCUT2D eigenvalue weighted by atomic mass is 35.5. The van der Waals surface area contributed by atoms with E-state index in [1.807, 2.05) is 25.1 Å². The van der Waals surface area contributed by atoms with Crippen molar-refractivity contribution in [2.24, 2.45) is 0 Å². The molecule has 0 radical (unpaired) electrons. The summed E-state index contributed by atoms with van der Waals surface area (Å²) in [6.07, 6.45) is 2.38. The van der Waals surface area contributed by atoms with Gasteiger partial charge in [0.05, 0.1) is 10.6 Å². The van der Waals surface area contributed by atoms with E-state index in [2.05, 4.69) is 10.3 Å². The number of hydrogen-bond donors (Lipinski definition) is 1. The second-order valence-corrected chi connectivity index (χ2v) is 6.07. The fourth-order valence-corrected chi connectivity index (χ4v) is 2.52. The molecule has 0 saturated heterocycles. The number of rotatable bonds is 5. The molecule has 1 heterocycles. The SMILES string of the molecule is CC(=O)Nc1ccc(Cl)c(C(=O)N(C)[C@@H](C)Cc2ccccn2)c1. The highest BCUT2D eigenvalue weighted by Crippen LogP contribution is 2.23. The monoisotopic (exact) mass is 345 g/mol. The number of nitrogens with one attached hydrogen (secondary N) is 1. The Labute approximate surface area is 146 Å². The van der Waals surface area contributed by atoms with Gasteiger partial charge in [-0.25, -0.2) is 0 Å². The first-order chi connectivity index (χ1) is 11.4. The van der Waals surface area contributed by atoms with Crippen LogP contribution in [0.1, 0.15) is 29.9 Å². The molecule has 2 amide bonds. The van der Waals surface area contributed by atoms with Crippen LogP contribution in [0, 0.1) is 0 Å². The quantitative estimate of drug-likeness (QED) is 0.903. The molecule has 2 rings (SSSR count). The third kappa shape index (κ3) is 4.55. The maximum Gasteiger partial charge on any atom is 0.255 e. The second-order valence-electron chi connectivity index (χ2n) is 5.67. The number of carbonyl (C=O) groups excluding carboxylic acids is 2. The Morgan fingerprint density at radius 1 is 1.29 bits per heavy atom. The van der Waals surface area contributed by atoms with E-state index in [0.717, 1.165) is 5.69 Å². The van der Waals surface area contributed by atoms with Crippen molar-refractivity contribution in [2.75, 3.05) is 12.4 Å². The van der Waals surface area contributed by atoms with Gasteiger partial charge in [-0.3, -0.25) is 14.6 Å². The van der Waals surface area contributed by atoms with Gasteiger partial charge < -0.3 is 10.2 Å². The molecule has 1 atom stereocenters. The number of anilines is 1. The molecule has 0 fully saturated rings. The van der Waals surface area contributed by atoms with E-state index < -0.39 is 0 Å². The van der Waals surface area contributed by atoms with E-state index in [1.54, 1.807) is 36.3 Å². The first kappa shape index (κ1) is 17.9. The van der Waals surface area contributed by atoms with Crippen LogP contribution in [-0.2, 0) is 11.2 Å². The van der Waals surface area contributed by atoms with Crippen LogP contribution in [0.15, 0.2) is 42.6 Å². The summed E-state index contributed by atoms with van der Waals surface area (Å²) >= 11 is 6.16. The Morgan fingerprint density at radius 3 is 2.67 bits per heavy atom. The Balaban J connectivity index is 2.16. The van der Waals surface area contributed by atoms with Crippen molar-refractivity contribution in [3.63, 3.8) is 0 Å². The molecule has 2 aromatic rings. The molecular weight excluding hydrogens is 326 g/mol. The Kier molecular flexibility index (Phi) is 5.93. The number of likely N-dealkylation sites (N-methyl/N-ethyl adjacent to an activating group) is 1. The molecule has 0 bridgehead atoms. The van der Waals surface area contributed by atoms with Gasteiger partial charge in [0.15, 0.2) is 0 Å². The maximum absolute atomic E-state index is 12.7. The van der Waals surface area contributed by atoms with Gasteiger partial charge in [-0.15, -0.1) is 0 Å². The first-order valence-corrected chi connectivity index (χ1v) is 8.00. The number of benzene rings is 1. The molecule has 0 aliphatic rings. The van der Waals surface area contributed by atoms with Gasteiger partial charge in [0.2, 0.25) is 5.91 Å². The first-order valence-electron chi connectivity index (χ1n) is 7.62. The summed E-state index contributed by atoms with van der Waals surface area (Å²) in [5.41, 5.74) is 1.82. The average Bonchev–Trinajstić information content (AvgIpc) is 2.55. The maximum atomic E-state index is 12.7. The molecule has 5 nitrogen and oxygen atoms in total. The van der Waals surface area contributed by atoms with Gasteiger partial charge >= 0.3 is 0 Å². The van der Waals surface area contributed by atoms with Gasteiger partial charge in [0.1, 0.15) is 0 Å². The Morgan fingerprint density at radius 2 is 2.04 bits per heavy atom. The summed E-state index contributed by atoms with van der Waals surface area (Å²) < 4.78 is 0. The summed E-state index contributed by atoms with van der Waals surface area (Å²) in [7, 11) is 1.73. The summed E-state index contributed by atoms with van der Waals surface area (Å²) in [4.78, 5) is 29.8. The zero-order valence-electron chi connectivity index (χ0n) is 13.9. The number of hydrogen-bond acceptors (Lipinski definition) is 3. The third-order valence-electron chi connectivity index (χ3n) is 3.73. The predicted molar refractivity (Wildman–Crippen MR) is 95.3 cm³/mol. The van der Waals surface area contributed by atoms with Crippen LogP contribution < -0.4 is 5.32 Å². The summed E-state index contributed by atoms with van der Waals surface area (Å²) in [6.45, 7) is 3.37. The molecule has 6 heteroatoms. The molecule has 1 N–H and O–H groups in total. The highest BCUT2D eigenvalue weighted by molar-refractivity contribution is 6.34. The van der Waals surface area contributed by atoms with E-state index in [4.69, 9.17) is 11.6 Å². The lowest BCUT2D eigenvalue weighted by Gasteiger charge is -2.25. The minimum Gasteiger partial charge on any atom is -0.339 e. The molecule has 0 unspecified atom stereocenters. The molecular formula is C18H20ClN3O2. The van der Waals surface area contributed by atoms with Crippen LogP contribution in [0.5, 0.6) is 0 Å². The van der Waals surface area contributed by atoms with Crippen molar-refractivity contribution in [2.45, 2.75) is 26.3 Å². The molecule has 1 aromatic carbocycles. The third-order valence-corrected chi connectivity index (χ3v) is 4.06. The summed E-state index contributed by atoms with van der Waals surface area (Å²) in [5.74, 6) is -0.400. The van der Waals surface area contributed by atoms with E-state index >= 15 is 0 Å². The number of aromatic nitrogens is 1. The molecule has 0 aliphatic carbocycles. The van der Waals surface area contributed by atoms with Crippen molar-refractivity contribution in [1.29, 1.82) is 0 Å². The highest BCUT2D eigenvalue weighted by Gasteiger charge is 2.21. The number of pyridine rings is 1. The Hall–Kier alpha value is -2.40.